The van der Waals surface area contributed by atoms with Crippen molar-refractivity contribution in [2.75, 3.05) is 24.2 Å². The Morgan fingerprint density at radius 3 is 2.94 bits per heavy atom. The number of hydrogen-bond acceptors (Lipinski definition) is 3. The molecule has 4 heteroatoms. The fourth-order valence-electron chi connectivity index (χ4n) is 2.59. The van der Waals surface area contributed by atoms with Gasteiger partial charge in [-0.2, -0.15) is 11.8 Å². The van der Waals surface area contributed by atoms with Gasteiger partial charge in [0.05, 0.1) is 0 Å². The SMILES string of the molecule is CSC1CCCN(c2cccc(F)c2CN)CC1. The number of hydrogen-bond donors (Lipinski definition) is 1. The lowest BCUT2D eigenvalue weighted by atomic mass is 10.1. The highest BCUT2D eigenvalue weighted by Gasteiger charge is 2.19. The fraction of sp³-hybridized carbons (Fsp3) is 0.571. The van der Waals surface area contributed by atoms with Gasteiger partial charge in [0.15, 0.2) is 0 Å². The Morgan fingerprint density at radius 2 is 2.22 bits per heavy atom. The first-order chi connectivity index (χ1) is 8.76. The highest BCUT2D eigenvalue weighted by Crippen LogP contribution is 2.28. The van der Waals surface area contributed by atoms with Gasteiger partial charge in [0, 0.05) is 36.1 Å². The molecule has 1 aliphatic rings. The topological polar surface area (TPSA) is 29.3 Å². The van der Waals surface area contributed by atoms with Gasteiger partial charge in [-0.3, -0.25) is 0 Å². The molecular weight excluding hydrogens is 247 g/mol. The van der Waals surface area contributed by atoms with Crippen LogP contribution >= 0.6 is 11.8 Å². The first kappa shape index (κ1) is 13.7. The molecule has 1 atom stereocenters. The molecule has 2 nitrogen and oxygen atoms in total. The molecule has 100 valence electrons. The lowest BCUT2D eigenvalue weighted by Gasteiger charge is -2.25. The highest BCUT2D eigenvalue weighted by atomic mass is 32.2. The van der Waals surface area contributed by atoms with E-state index in [-0.39, 0.29) is 12.4 Å². The molecule has 0 bridgehead atoms. The van der Waals surface area contributed by atoms with Gasteiger partial charge < -0.3 is 10.6 Å². The van der Waals surface area contributed by atoms with Gasteiger partial charge in [-0.25, -0.2) is 4.39 Å². The molecule has 2 rings (SSSR count). The third-order valence-electron chi connectivity index (χ3n) is 3.65. The van der Waals surface area contributed by atoms with Crippen molar-refractivity contribution >= 4 is 17.4 Å². The molecule has 1 aromatic carbocycles. The van der Waals surface area contributed by atoms with Crippen molar-refractivity contribution in [1.29, 1.82) is 0 Å². The molecule has 0 aliphatic carbocycles. The minimum Gasteiger partial charge on any atom is -0.371 e. The van der Waals surface area contributed by atoms with Gasteiger partial charge in [0.2, 0.25) is 0 Å². The summed E-state index contributed by atoms with van der Waals surface area (Å²) in [7, 11) is 0. The van der Waals surface area contributed by atoms with Gasteiger partial charge in [0.25, 0.3) is 0 Å². The van der Waals surface area contributed by atoms with Gasteiger partial charge in [0.1, 0.15) is 5.82 Å². The molecular formula is C14H21FN2S. The summed E-state index contributed by atoms with van der Waals surface area (Å²) in [5, 5.41) is 0.741. The molecule has 18 heavy (non-hydrogen) atoms. The van der Waals surface area contributed by atoms with Crippen LogP contribution in [0.3, 0.4) is 0 Å². The van der Waals surface area contributed by atoms with Gasteiger partial charge in [-0.1, -0.05) is 6.07 Å². The quantitative estimate of drug-likeness (QED) is 0.913. The predicted octanol–water partition coefficient (Wildman–Crippen LogP) is 3.01. The molecule has 1 aromatic rings. The maximum absolute atomic E-state index is 13.7. The van der Waals surface area contributed by atoms with Crippen LogP contribution in [0.25, 0.3) is 0 Å². The first-order valence-corrected chi connectivity index (χ1v) is 7.80. The normalized spacial score (nSPS) is 20.8. The predicted molar refractivity (Wildman–Crippen MR) is 77.7 cm³/mol. The molecule has 2 N–H and O–H groups in total. The van der Waals surface area contributed by atoms with Crippen LogP contribution in [0.15, 0.2) is 18.2 Å². The number of nitrogens with two attached hydrogens (primary N) is 1. The number of thioether (sulfide) groups is 1. The minimum absolute atomic E-state index is 0.180. The third kappa shape index (κ3) is 2.98. The maximum Gasteiger partial charge on any atom is 0.129 e. The van der Waals surface area contributed by atoms with Crippen molar-refractivity contribution in [2.45, 2.75) is 31.1 Å². The Hall–Kier alpha value is -0.740. The molecule has 0 saturated carbocycles. The lowest BCUT2D eigenvalue weighted by molar-refractivity contribution is 0.608. The summed E-state index contributed by atoms with van der Waals surface area (Å²) in [6, 6.07) is 5.26. The van der Waals surface area contributed by atoms with E-state index in [0.29, 0.717) is 5.56 Å². The van der Waals surface area contributed by atoms with Gasteiger partial charge in [-0.15, -0.1) is 0 Å². The zero-order chi connectivity index (χ0) is 13.0. The number of benzene rings is 1. The number of anilines is 1. The second-order valence-corrected chi connectivity index (χ2v) is 5.86. The Morgan fingerprint density at radius 1 is 1.39 bits per heavy atom. The summed E-state index contributed by atoms with van der Waals surface area (Å²) >= 11 is 1.94. The standard InChI is InChI=1S/C14H21FN2S/c1-18-11-4-3-8-17(9-7-11)14-6-2-5-13(15)12(14)10-16/h2,5-6,11H,3-4,7-10,16H2,1H3. The second-order valence-electron chi connectivity index (χ2n) is 4.72. The molecule has 1 fully saturated rings. The minimum atomic E-state index is -0.180. The van der Waals surface area contributed by atoms with E-state index in [2.05, 4.69) is 11.2 Å². The first-order valence-electron chi connectivity index (χ1n) is 6.51. The van der Waals surface area contributed by atoms with Crippen LogP contribution in [-0.4, -0.2) is 24.6 Å². The van der Waals surface area contributed by atoms with Gasteiger partial charge >= 0.3 is 0 Å². The molecule has 0 radical (unpaired) electrons. The van der Waals surface area contributed by atoms with E-state index in [1.165, 1.54) is 25.3 Å². The zero-order valence-electron chi connectivity index (χ0n) is 10.9. The molecule has 1 saturated heterocycles. The van der Waals surface area contributed by atoms with Crippen molar-refractivity contribution in [3.8, 4) is 0 Å². The van der Waals surface area contributed by atoms with Crippen LogP contribution in [0.2, 0.25) is 0 Å². The molecule has 0 amide bonds. The summed E-state index contributed by atoms with van der Waals surface area (Å²) in [6.07, 6.45) is 5.77. The van der Waals surface area contributed by atoms with Crippen LogP contribution < -0.4 is 10.6 Å². The van der Waals surface area contributed by atoms with Crippen molar-refractivity contribution in [2.24, 2.45) is 5.73 Å². The van der Waals surface area contributed by atoms with E-state index in [4.69, 9.17) is 5.73 Å². The summed E-state index contributed by atoms with van der Waals surface area (Å²) in [5.74, 6) is -0.180. The van der Waals surface area contributed by atoms with E-state index < -0.39 is 0 Å². The van der Waals surface area contributed by atoms with E-state index in [1.54, 1.807) is 6.07 Å². The van der Waals surface area contributed by atoms with E-state index in [1.807, 2.05) is 17.8 Å². The van der Waals surface area contributed by atoms with E-state index in [9.17, 15) is 4.39 Å². The largest absolute Gasteiger partial charge is 0.371 e. The lowest BCUT2D eigenvalue weighted by Crippen LogP contribution is -2.26. The average Bonchev–Trinajstić information content (AvgIpc) is 2.63. The van der Waals surface area contributed by atoms with Crippen LogP contribution in [0.5, 0.6) is 0 Å². The Labute approximate surface area is 113 Å². The van der Waals surface area contributed by atoms with Crippen molar-refractivity contribution in [3.63, 3.8) is 0 Å². The van der Waals surface area contributed by atoms with Crippen LogP contribution in [0, 0.1) is 5.82 Å². The molecule has 1 heterocycles. The van der Waals surface area contributed by atoms with Crippen molar-refractivity contribution in [3.05, 3.63) is 29.6 Å². The summed E-state index contributed by atoms with van der Waals surface area (Å²) in [5.41, 5.74) is 7.32. The Bertz CT molecular complexity index is 397. The van der Waals surface area contributed by atoms with Crippen LogP contribution in [-0.2, 0) is 6.54 Å². The number of nitrogens with zero attached hydrogens (tertiary/aromatic N) is 1. The zero-order valence-corrected chi connectivity index (χ0v) is 11.7. The van der Waals surface area contributed by atoms with Gasteiger partial charge in [-0.05, 0) is 37.7 Å². The number of rotatable bonds is 3. The molecule has 0 spiro atoms. The summed E-state index contributed by atoms with van der Waals surface area (Å²) < 4.78 is 13.7. The summed E-state index contributed by atoms with van der Waals surface area (Å²) in [6.45, 7) is 2.28. The van der Waals surface area contributed by atoms with Crippen LogP contribution in [0.1, 0.15) is 24.8 Å². The van der Waals surface area contributed by atoms with Crippen molar-refractivity contribution < 1.29 is 4.39 Å². The second kappa shape index (κ2) is 6.43. The summed E-state index contributed by atoms with van der Waals surface area (Å²) in [4.78, 5) is 2.29. The van der Waals surface area contributed by atoms with Crippen molar-refractivity contribution in [1.82, 2.24) is 0 Å². The third-order valence-corrected chi connectivity index (χ3v) is 4.79. The fourth-order valence-corrected chi connectivity index (χ4v) is 3.33. The average molecular weight is 268 g/mol. The molecule has 1 unspecified atom stereocenters. The number of halogens is 1. The Balaban J connectivity index is 2.18. The smallest absolute Gasteiger partial charge is 0.129 e. The maximum atomic E-state index is 13.7. The van der Waals surface area contributed by atoms with Crippen LogP contribution in [0.4, 0.5) is 10.1 Å². The Kier molecular flexibility index (Phi) is 4.89. The highest BCUT2D eigenvalue weighted by molar-refractivity contribution is 7.99. The van der Waals surface area contributed by atoms with E-state index >= 15 is 0 Å². The monoisotopic (exact) mass is 268 g/mol. The molecule has 1 aliphatic heterocycles. The molecule has 0 aromatic heterocycles. The van der Waals surface area contributed by atoms with E-state index in [0.717, 1.165) is 24.0 Å².